The molecule has 1 atom stereocenters. The Morgan fingerprint density at radius 1 is 1.59 bits per heavy atom. The van der Waals surface area contributed by atoms with Crippen LogP contribution in [0.4, 0.5) is 10.5 Å². The fourth-order valence-electron chi connectivity index (χ4n) is 1.28. The van der Waals surface area contributed by atoms with E-state index in [0.29, 0.717) is 11.4 Å². The summed E-state index contributed by atoms with van der Waals surface area (Å²) in [6.45, 7) is 1.77. The van der Waals surface area contributed by atoms with E-state index in [9.17, 15) is 4.79 Å². The maximum absolute atomic E-state index is 11.5. The van der Waals surface area contributed by atoms with Crippen LogP contribution in [0.2, 0.25) is 0 Å². The first-order valence-corrected chi connectivity index (χ1v) is 5.24. The van der Waals surface area contributed by atoms with Crippen molar-refractivity contribution in [2.24, 2.45) is 0 Å². The molecule has 5 heteroatoms. The van der Waals surface area contributed by atoms with E-state index in [1.807, 2.05) is 6.07 Å². The number of hydrogen-bond donors (Lipinski definition) is 2. The highest BCUT2D eigenvalue weighted by Crippen LogP contribution is 2.16. The number of amides is 2. The van der Waals surface area contributed by atoms with Gasteiger partial charge in [-0.2, -0.15) is 5.26 Å². The molecule has 5 nitrogen and oxygen atoms in total. The van der Waals surface area contributed by atoms with E-state index in [0.717, 1.165) is 0 Å². The minimum Gasteiger partial charge on any atom is -0.497 e. The minimum atomic E-state index is -0.332. The van der Waals surface area contributed by atoms with E-state index < -0.39 is 0 Å². The summed E-state index contributed by atoms with van der Waals surface area (Å²) in [6.07, 6.45) is 0.283. The van der Waals surface area contributed by atoms with Crippen LogP contribution in [0.1, 0.15) is 13.3 Å². The lowest BCUT2D eigenvalue weighted by molar-refractivity contribution is 0.249. The Hall–Kier alpha value is -2.22. The zero-order valence-corrected chi connectivity index (χ0v) is 9.86. The summed E-state index contributed by atoms with van der Waals surface area (Å²) in [4.78, 5) is 11.5. The second-order valence-electron chi connectivity index (χ2n) is 3.59. The summed E-state index contributed by atoms with van der Waals surface area (Å²) >= 11 is 0. The van der Waals surface area contributed by atoms with E-state index in [1.165, 1.54) is 0 Å². The first-order valence-electron chi connectivity index (χ1n) is 5.24. The van der Waals surface area contributed by atoms with Gasteiger partial charge in [0.2, 0.25) is 0 Å². The average Bonchev–Trinajstić information content (AvgIpc) is 2.29. The van der Waals surface area contributed by atoms with Crippen molar-refractivity contribution in [2.45, 2.75) is 19.4 Å². The number of rotatable bonds is 4. The molecule has 0 spiro atoms. The van der Waals surface area contributed by atoms with Crippen molar-refractivity contribution < 1.29 is 9.53 Å². The number of methoxy groups -OCH3 is 1. The molecule has 1 rings (SSSR count). The third-order valence-electron chi connectivity index (χ3n) is 2.10. The molecule has 17 heavy (non-hydrogen) atoms. The molecule has 0 radical (unpaired) electrons. The largest absolute Gasteiger partial charge is 0.497 e. The third kappa shape index (κ3) is 4.43. The van der Waals surface area contributed by atoms with Gasteiger partial charge in [-0.3, -0.25) is 0 Å². The fraction of sp³-hybridized carbons (Fsp3) is 0.333. The van der Waals surface area contributed by atoms with Gasteiger partial charge < -0.3 is 15.4 Å². The molecule has 1 unspecified atom stereocenters. The van der Waals surface area contributed by atoms with Crippen LogP contribution in [-0.4, -0.2) is 19.2 Å². The van der Waals surface area contributed by atoms with Crippen molar-refractivity contribution in [3.63, 3.8) is 0 Å². The number of hydrogen-bond acceptors (Lipinski definition) is 3. The SMILES string of the molecule is COc1cccc(NC(=O)NC(C)CC#N)c1. The highest BCUT2D eigenvalue weighted by molar-refractivity contribution is 5.89. The van der Waals surface area contributed by atoms with Crippen LogP contribution >= 0.6 is 0 Å². The Morgan fingerprint density at radius 2 is 2.35 bits per heavy atom. The molecule has 0 aromatic heterocycles. The minimum absolute atomic E-state index is 0.175. The number of anilines is 1. The number of nitriles is 1. The second-order valence-corrected chi connectivity index (χ2v) is 3.59. The van der Waals surface area contributed by atoms with E-state index in [2.05, 4.69) is 10.6 Å². The predicted molar refractivity (Wildman–Crippen MR) is 64.8 cm³/mol. The van der Waals surface area contributed by atoms with E-state index in [4.69, 9.17) is 10.00 Å². The van der Waals surface area contributed by atoms with Gasteiger partial charge in [0.25, 0.3) is 0 Å². The summed E-state index contributed by atoms with van der Waals surface area (Å²) < 4.78 is 5.04. The summed E-state index contributed by atoms with van der Waals surface area (Å²) in [7, 11) is 1.56. The Kier molecular flexibility index (Phi) is 4.82. The quantitative estimate of drug-likeness (QED) is 0.836. The number of carbonyl (C=O) groups excluding carboxylic acids is 1. The smallest absolute Gasteiger partial charge is 0.319 e. The third-order valence-corrected chi connectivity index (χ3v) is 2.10. The van der Waals surface area contributed by atoms with Gasteiger partial charge in [0, 0.05) is 17.8 Å². The Bertz CT molecular complexity index is 426. The maximum Gasteiger partial charge on any atom is 0.319 e. The monoisotopic (exact) mass is 233 g/mol. The fourth-order valence-corrected chi connectivity index (χ4v) is 1.28. The van der Waals surface area contributed by atoms with Crippen LogP contribution in [0.15, 0.2) is 24.3 Å². The Balaban J connectivity index is 2.53. The molecule has 90 valence electrons. The molecule has 0 fully saturated rings. The van der Waals surface area contributed by atoms with Crippen LogP contribution in [-0.2, 0) is 0 Å². The number of carbonyl (C=O) groups is 1. The molecule has 0 aliphatic carbocycles. The van der Waals surface area contributed by atoms with Crippen molar-refractivity contribution in [1.29, 1.82) is 5.26 Å². The van der Waals surface area contributed by atoms with Crippen LogP contribution in [0.3, 0.4) is 0 Å². The molecular weight excluding hydrogens is 218 g/mol. The van der Waals surface area contributed by atoms with Crippen molar-refractivity contribution >= 4 is 11.7 Å². The molecule has 0 aliphatic heterocycles. The van der Waals surface area contributed by atoms with E-state index in [-0.39, 0.29) is 18.5 Å². The summed E-state index contributed by atoms with van der Waals surface area (Å²) in [5, 5.41) is 13.8. The van der Waals surface area contributed by atoms with E-state index >= 15 is 0 Å². The number of nitrogens with one attached hydrogen (secondary N) is 2. The Morgan fingerprint density at radius 3 is 3.00 bits per heavy atom. The predicted octanol–water partition coefficient (Wildman–Crippen LogP) is 2.12. The number of benzene rings is 1. The molecule has 1 aromatic rings. The average molecular weight is 233 g/mol. The highest BCUT2D eigenvalue weighted by atomic mass is 16.5. The zero-order valence-electron chi connectivity index (χ0n) is 9.86. The topological polar surface area (TPSA) is 74.2 Å². The van der Waals surface area contributed by atoms with Crippen LogP contribution in [0.5, 0.6) is 5.75 Å². The van der Waals surface area contributed by atoms with Crippen LogP contribution in [0, 0.1) is 11.3 Å². The number of ether oxygens (including phenoxy) is 1. The van der Waals surface area contributed by atoms with Gasteiger partial charge in [0.05, 0.1) is 19.6 Å². The normalized spacial score (nSPS) is 11.1. The molecule has 0 saturated carbocycles. The summed E-state index contributed by atoms with van der Waals surface area (Å²) in [6, 6.07) is 8.54. The Labute approximate surface area is 100 Å². The molecule has 2 N–H and O–H groups in total. The lowest BCUT2D eigenvalue weighted by Crippen LogP contribution is -2.35. The maximum atomic E-state index is 11.5. The second kappa shape index (κ2) is 6.38. The van der Waals surface area contributed by atoms with Crippen molar-refractivity contribution in [2.75, 3.05) is 12.4 Å². The molecule has 2 amide bonds. The number of urea groups is 1. The van der Waals surface area contributed by atoms with Gasteiger partial charge in [0.15, 0.2) is 0 Å². The van der Waals surface area contributed by atoms with Crippen molar-refractivity contribution in [3.8, 4) is 11.8 Å². The highest BCUT2D eigenvalue weighted by Gasteiger charge is 2.06. The lowest BCUT2D eigenvalue weighted by atomic mass is 10.2. The lowest BCUT2D eigenvalue weighted by Gasteiger charge is -2.12. The molecule has 0 saturated heterocycles. The molecule has 0 aliphatic rings. The summed E-state index contributed by atoms with van der Waals surface area (Å²) in [5.74, 6) is 0.674. The van der Waals surface area contributed by atoms with Gasteiger partial charge in [-0.1, -0.05) is 6.07 Å². The van der Waals surface area contributed by atoms with Gasteiger partial charge in [-0.15, -0.1) is 0 Å². The van der Waals surface area contributed by atoms with Crippen molar-refractivity contribution in [1.82, 2.24) is 5.32 Å². The first kappa shape index (κ1) is 12.8. The van der Waals surface area contributed by atoms with Gasteiger partial charge in [-0.05, 0) is 19.1 Å². The summed E-state index contributed by atoms with van der Waals surface area (Å²) in [5.41, 5.74) is 0.644. The van der Waals surface area contributed by atoms with Crippen LogP contribution < -0.4 is 15.4 Å². The van der Waals surface area contributed by atoms with Gasteiger partial charge >= 0.3 is 6.03 Å². The van der Waals surface area contributed by atoms with Gasteiger partial charge in [0.1, 0.15) is 5.75 Å². The molecule has 0 bridgehead atoms. The van der Waals surface area contributed by atoms with Crippen molar-refractivity contribution in [3.05, 3.63) is 24.3 Å². The zero-order chi connectivity index (χ0) is 12.7. The molecular formula is C12H15N3O2. The van der Waals surface area contributed by atoms with Crippen LogP contribution in [0.25, 0.3) is 0 Å². The first-order chi connectivity index (χ1) is 8.15. The number of nitrogens with zero attached hydrogens (tertiary/aromatic N) is 1. The standard InChI is InChI=1S/C12H15N3O2/c1-9(6-7-13)14-12(16)15-10-4-3-5-11(8-10)17-2/h3-5,8-9H,6H2,1-2H3,(H2,14,15,16). The molecule has 0 heterocycles. The molecule has 1 aromatic carbocycles. The van der Waals surface area contributed by atoms with Gasteiger partial charge in [-0.25, -0.2) is 4.79 Å². The van der Waals surface area contributed by atoms with E-state index in [1.54, 1.807) is 38.3 Å².